The number of nitrogens with one attached hydrogen (secondary N) is 1. The molecule has 1 fully saturated rings. The molecule has 0 spiro atoms. The van der Waals surface area contributed by atoms with Crippen molar-refractivity contribution in [2.45, 2.75) is 38.1 Å². The molecule has 0 radical (unpaired) electrons. The van der Waals surface area contributed by atoms with Gasteiger partial charge in [-0.2, -0.15) is 0 Å². The van der Waals surface area contributed by atoms with Crippen LogP contribution in [0.3, 0.4) is 0 Å². The molecule has 0 saturated heterocycles. The van der Waals surface area contributed by atoms with Crippen LogP contribution in [0.1, 0.15) is 48.2 Å². The van der Waals surface area contributed by atoms with Gasteiger partial charge in [-0.05, 0) is 18.9 Å². The number of rotatable bonds is 3. The van der Waals surface area contributed by atoms with Gasteiger partial charge in [-0.25, -0.2) is 9.53 Å². The van der Waals surface area contributed by atoms with E-state index >= 15 is 0 Å². The maximum absolute atomic E-state index is 12.5. The van der Waals surface area contributed by atoms with Crippen LogP contribution in [0.25, 0.3) is 10.9 Å². The number of esters is 1. The molecule has 22 heavy (non-hydrogen) atoms. The first-order valence-corrected chi connectivity index (χ1v) is 7.70. The van der Waals surface area contributed by atoms with Gasteiger partial charge in [0.05, 0.1) is 12.7 Å². The maximum atomic E-state index is 12.5. The number of benzene rings is 1. The molecule has 0 amide bonds. The summed E-state index contributed by atoms with van der Waals surface area (Å²) in [6.07, 6.45) is 6.75. The van der Waals surface area contributed by atoms with Gasteiger partial charge < -0.3 is 14.9 Å². The fourth-order valence-electron chi connectivity index (χ4n) is 3.13. The van der Waals surface area contributed by atoms with Crippen molar-refractivity contribution < 1.29 is 14.3 Å². The van der Waals surface area contributed by atoms with Gasteiger partial charge >= 0.3 is 5.97 Å². The summed E-state index contributed by atoms with van der Waals surface area (Å²) in [5, 5.41) is 13.3. The van der Waals surface area contributed by atoms with E-state index in [0.717, 1.165) is 41.3 Å². The van der Waals surface area contributed by atoms with Crippen LogP contribution in [0.2, 0.25) is 0 Å². The first-order valence-electron chi connectivity index (χ1n) is 7.70. The molecule has 1 N–H and O–H groups in total. The number of H-pyrrole nitrogens is 1. The standard InChI is InChI=1S/C17H20N2O3/c1-22-17(20)16-14(13-9-5-6-10-15(13)18-16)11-19(21)12-7-3-2-4-8-12/h5-6,9-12,18H,2-4,7-8H2,1H3. The predicted molar refractivity (Wildman–Crippen MR) is 85.3 cm³/mol. The lowest BCUT2D eigenvalue weighted by Gasteiger charge is -2.20. The number of ether oxygens (including phenoxy) is 1. The summed E-state index contributed by atoms with van der Waals surface area (Å²) < 4.78 is 5.84. The number of methoxy groups -OCH3 is 1. The van der Waals surface area contributed by atoms with Gasteiger partial charge in [-0.15, -0.1) is 0 Å². The van der Waals surface area contributed by atoms with E-state index in [0.29, 0.717) is 11.3 Å². The first kappa shape index (κ1) is 14.6. The average Bonchev–Trinajstić information content (AvgIpc) is 2.93. The SMILES string of the molecule is COC(=O)c1[nH]c2ccccc2c1C=[N+]([O-])C1CCCCC1. The summed E-state index contributed by atoms with van der Waals surface area (Å²) in [7, 11) is 1.34. The number of hydroxylamine groups is 1. The number of nitrogens with zero attached hydrogens (tertiary/aromatic N) is 1. The quantitative estimate of drug-likeness (QED) is 0.311. The summed E-state index contributed by atoms with van der Waals surface area (Å²) >= 11 is 0. The molecule has 2 aromatic rings. The fourth-order valence-corrected chi connectivity index (χ4v) is 3.13. The molecule has 0 aliphatic heterocycles. The van der Waals surface area contributed by atoms with Crippen LogP contribution in [-0.4, -0.2) is 35.1 Å². The van der Waals surface area contributed by atoms with Crippen LogP contribution in [0.15, 0.2) is 24.3 Å². The second kappa shape index (κ2) is 6.22. The lowest BCUT2D eigenvalue weighted by molar-refractivity contribution is -0.500. The molecule has 3 rings (SSSR count). The lowest BCUT2D eigenvalue weighted by Crippen LogP contribution is -2.25. The van der Waals surface area contributed by atoms with Crippen molar-refractivity contribution in [3.63, 3.8) is 0 Å². The Morgan fingerprint density at radius 2 is 2.05 bits per heavy atom. The van der Waals surface area contributed by atoms with E-state index in [4.69, 9.17) is 4.74 Å². The third-order valence-corrected chi connectivity index (χ3v) is 4.33. The summed E-state index contributed by atoms with van der Waals surface area (Å²) in [6.45, 7) is 0. The largest absolute Gasteiger partial charge is 0.624 e. The van der Waals surface area contributed by atoms with Crippen molar-refractivity contribution in [3.05, 3.63) is 40.7 Å². The van der Waals surface area contributed by atoms with Crippen molar-refractivity contribution in [1.82, 2.24) is 4.98 Å². The van der Waals surface area contributed by atoms with E-state index < -0.39 is 5.97 Å². The Morgan fingerprint density at radius 1 is 1.32 bits per heavy atom. The zero-order valence-corrected chi connectivity index (χ0v) is 12.7. The number of hydrogen-bond donors (Lipinski definition) is 1. The van der Waals surface area contributed by atoms with Gasteiger partial charge in [0.25, 0.3) is 0 Å². The molecule has 1 aromatic carbocycles. The van der Waals surface area contributed by atoms with Gasteiger partial charge in [0.2, 0.25) is 0 Å². The molecular formula is C17H20N2O3. The molecular weight excluding hydrogens is 280 g/mol. The monoisotopic (exact) mass is 300 g/mol. The van der Waals surface area contributed by atoms with Crippen molar-refractivity contribution in [1.29, 1.82) is 0 Å². The molecule has 1 heterocycles. The fraction of sp³-hybridized carbons (Fsp3) is 0.412. The van der Waals surface area contributed by atoms with Gasteiger partial charge in [-0.1, -0.05) is 24.6 Å². The van der Waals surface area contributed by atoms with Crippen molar-refractivity contribution >= 4 is 23.1 Å². The van der Waals surface area contributed by atoms with Gasteiger partial charge in [-0.3, -0.25) is 0 Å². The molecule has 0 bridgehead atoms. The number of carbonyl (C=O) groups excluding carboxylic acids is 1. The zero-order valence-electron chi connectivity index (χ0n) is 12.7. The van der Waals surface area contributed by atoms with Gasteiger partial charge in [0, 0.05) is 23.7 Å². The average molecular weight is 300 g/mol. The molecule has 1 saturated carbocycles. The molecule has 116 valence electrons. The van der Waals surface area contributed by atoms with E-state index in [2.05, 4.69) is 4.98 Å². The topological polar surface area (TPSA) is 68.2 Å². The van der Waals surface area contributed by atoms with Crippen LogP contribution < -0.4 is 0 Å². The molecule has 5 heteroatoms. The van der Waals surface area contributed by atoms with Crippen molar-refractivity contribution in [2.75, 3.05) is 7.11 Å². The molecule has 0 atom stereocenters. The van der Waals surface area contributed by atoms with Crippen LogP contribution in [0.4, 0.5) is 0 Å². The normalized spacial score (nSPS) is 16.9. The molecule has 1 aliphatic rings. The van der Waals surface area contributed by atoms with E-state index in [1.54, 1.807) is 6.21 Å². The Hall–Kier alpha value is -2.30. The van der Waals surface area contributed by atoms with E-state index in [1.165, 1.54) is 13.5 Å². The third-order valence-electron chi connectivity index (χ3n) is 4.33. The summed E-state index contributed by atoms with van der Waals surface area (Å²) in [6, 6.07) is 7.57. The molecule has 1 aliphatic carbocycles. The summed E-state index contributed by atoms with van der Waals surface area (Å²) in [5.74, 6) is -0.459. The number of para-hydroxylation sites is 1. The van der Waals surface area contributed by atoms with Crippen LogP contribution in [0, 0.1) is 5.21 Å². The number of aromatic amines is 1. The highest BCUT2D eigenvalue weighted by Gasteiger charge is 2.23. The minimum Gasteiger partial charge on any atom is -0.624 e. The number of fused-ring (bicyclic) bond motifs is 1. The van der Waals surface area contributed by atoms with E-state index in [9.17, 15) is 10.0 Å². The number of hydrogen-bond acceptors (Lipinski definition) is 3. The molecule has 1 aromatic heterocycles. The Kier molecular flexibility index (Phi) is 4.13. The Balaban J connectivity index is 2.05. The molecule has 5 nitrogen and oxygen atoms in total. The second-order valence-electron chi connectivity index (χ2n) is 5.73. The highest BCUT2D eigenvalue weighted by Crippen LogP contribution is 2.23. The smallest absolute Gasteiger partial charge is 0.355 e. The van der Waals surface area contributed by atoms with Gasteiger partial charge in [0.1, 0.15) is 5.69 Å². The highest BCUT2D eigenvalue weighted by molar-refractivity contribution is 6.08. The minimum atomic E-state index is -0.459. The van der Waals surface area contributed by atoms with Crippen LogP contribution in [-0.2, 0) is 4.74 Å². The maximum Gasteiger partial charge on any atom is 0.355 e. The Labute approximate surface area is 129 Å². The summed E-state index contributed by atoms with van der Waals surface area (Å²) in [5.41, 5.74) is 1.77. The lowest BCUT2D eigenvalue weighted by atomic mass is 9.96. The Morgan fingerprint density at radius 3 is 2.77 bits per heavy atom. The second-order valence-corrected chi connectivity index (χ2v) is 5.73. The van der Waals surface area contributed by atoms with Gasteiger partial charge in [0.15, 0.2) is 12.3 Å². The zero-order chi connectivity index (χ0) is 15.5. The van der Waals surface area contributed by atoms with Crippen molar-refractivity contribution in [2.24, 2.45) is 0 Å². The van der Waals surface area contributed by atoms with Crippen LogP contribution in [0.5, 0.6) is 0 Å². The number of carbonyl (C=O) groups is 1. The summed E-state index contributed by atoms with van der Waals surface area (Å²) in [4.78, 5) is 15.0. The third kappa shape index (κ3) is 2.71. The van der Waals surface area contributed by atoms with Crippen LogP contribution >= 0.6 is 0 Å². The highest BCUT2D eigenvalue weighted by atomic mass is 16.5. The number of aromatic nitrogens is 1. The van der Waals surface area contributed by atoms with E-state index in [-0.39, 0.29) is 6.04 Å². The van der Waals surface area contributed by atoms with Crippen molar-refractivity contribution in [3.8, 4) is 0 Å². The van der Waals surface area contributed by atoms with E-state index in [1.807, 2.05) is 24.3 Å². The predicted octanol–water partition coefficient (Wildman–Crippen LogP) is 3.22. The first-order chi connectivity index (χ1) is 10.7. The minimum absolute atomic E-state index is 0.00732. The molecule has 0 unspecified atom stereocenters. The Bertz CT molecular complexity index is 712.